The van der Waals surface area contributed by atoms with E-state index in [1.165, 1.54) is 12.1 Å². The lowest BCUT2D eigenvalue weighted by Gasteiger charge is -2.16. The largest absolute Gasteiger partial charge is 0.434 e. The van der Waals surface area contributed by atoms with Gasteiger partial charge in [-0.1, -0.05) is 60.4 Å². The van der Waals surface area contributed by atoms with Crippen molar-refractivity contribution in [1.29, 1.82) is 0 Å². The molecule has 0 amide bonds. The number of benzene rings is 3. The monoisotopic (exact) mass is 391 g/mol. The Kier molecular flexibility index (Phi) is 4.77. The van der Waals surface area contributed by atoms with E-state index in [2.05, 4.69) is 16.8 Å². The number of pyridine rings is 1. The van der Waals surface area contributed by atoms with E-state index in [1.807, 2.05) is 0 Å². The first-order valence-electron chi connectivity index (χ1n) is 8.76. The molecule has 3 aromatic carbocycles. The topological polar surface area (TPSA) is 12.9 Å². The molecule has 0 spiro atoms. The number of nitrogens with zero attached hydrogens (tertiary/aromatic N) is 1. The SMILES string of the molecule is Fc1ccc2c(-c3ccccc3)c(C#Cc3ccccc3)c(C(F)(F)F)nc2c1. The van der Waals surface area contributed by atoms with Crippen molar-refractivity contribution in [2.45, 2.75) is 6.18 Å². The lowest BCUT2D eigenvalue weighted by molar-refractivity contribution is -0.141. The van der Waals surface area contributed by atoms with E-state index < -0.39 is 17.7 Å². The van der Waals surface area contributed by atoms with Crippen LogP contribution in [0.2, 0.25) is 0 Å². The average molecular weight is 391 g/mol. The van der Waals surface area contributed by atoms with E-state index in [1.54, 1.807) is 60.7 Å². The Morgan fingerprint density at radius 3 is 2.07 bits per heavy atom. The van der Waals surface area contributed by atoms with Crippen molar-refractivity contribution in [1.82, 2.24) is 4.98 Å². The Morgan fingerprint density at radius 1 is 0.759 bits per heavy atom. The van der Waals surface area contributed by atoms with E-state index in [0.29, 0.717) is 16.5 Å². The second-order valence-corrected chi connectivity index (χ2v) is 6.35. The smallest absolute Gasteiger partial charge is 0.242 e. The lowest BCUT2D eigenvalue weighted by Crippen LogP contribution is -2.12. The summed E-state index contributed by atoms with van der Waals surface area (Å²) in [5, 5.41) is 0.406. The fourth-order valence-corrected chi connectivity index (χ4v) is 3.13. The molecule has 0 N–H and O–H groups in total. The van der Waals surface area contributed by atoms with E-state index in [9.17, 15) is 17.6 Å². The Labute approximate surface area is 164 Å². The average Bonchev–Trinajstić information content (AvgIpc) is 2.72. The van der Waals surface area contributed by atoms with Crippen LogP contribution in [0.25, 0.3) is 22.0 Å². The number of alkyl halides is 3. The van der Waals surface area contributed by atoms with Crippen LogP contribution in [-0.4, -0.2) is 4.98 Å². The highest BCUT2D eigenvalue weighted by molar-refractivity contribution is 5.98. The van der Waals surface area contributed by atoms with Crippen molar-refractivity contribution < 1.29 is 17.6 Å². The third-order valence-corrected chi connectivity index (χ3v) is 4.38. The summed E-state index contributed by atoms with van der Waals surface area (Å²) in [7, 11) is 0. The molecule has 0 aliphatic rings. The molecule has 1 nitrogen and oxygen atoms in total. The second-order valence-electron chi connectivity index (χ2n) is 6.35. The van der Waals surface area contributed by atoms with Crippen molar-refractivity contribution in [3.63, 3.8) is 0 Å². The molecule has 0 saturated heterocycles. The molecule has 0 aliphatic carbocycles. The first-order valence-corrected chi connectivity index (χ1v) is 8.76. The number of hydrogen-bond acceptors (Lipinski definition) is 1. The van der Waals surface area contributed by atoms with Gasteiger partial charge in [0.15, 0.2) is 5.69 Å². The van der Waals surface area contributed by atoms with Crippen LogP contribution in [0.4, 0.5) is 17.6 Å². The first kappa shape index (κ1) is 18.7. The highest BCUT2D eigenvalue weighted by Crippen LogP contribution is 2.39. The molecule has 142 valence electrons. The lowest BCUT2D eigenvalue weighted by atomic mass is 9.94. The standard InChI is InChI=1S/C24H13F4N/c25-18-12-14-19-21(15-18)29-23(24(26,27)28)20(13-11-16-7-3-1-4-8-16)22(19)17-9-5-2-6-10-17/h1-10,12,14-15H. The predicted octanol–water partition coefficient (Wildman–Crippen LogP) is 6.46. The molecule has 5 heteroatoms. The van der Waals surface area contributed by atoms with Gasteiger partial charge in [0.25, 0.3) is 0 Å². The third-order valence-electron chi connectivity index (χ3n) is 4.38. The normalized spacial score (nSPS) is 11.2. The van der Waals surface area contributed by atoms with Gasteiger partial charge < -0.3 is 0 Å². The molecule has 0 radical (unpaired) electrons. The summed E-state index contributed by atoms with van der Waals surface area (Å²) in [5.41, 5.74) is -0.00875. The molecule has 0 unspecified atom stereocenters. The number of hydrogen-bond donors (Lipinski definition) is 0. The maximum Gasteiger partial charge on any atom is 0.434 e. The minimum Gasteiger partial charge on any atom is -0.242 e. The van der Waals surface area contributed by atoms with Gasteiger partial charge in [-0.15, -0.1) is 0 Å². The fraction of sp³-hybridized carbons (Fsp3) is 0.0417. The molecule has 0 atom stereocenters. The minimum atomic E-state index is -4.75. The first-order chi connectivity index (χ1) is 13.9. The van der Waals surface area contributed by atoms with Gasteiger partial charge in [0.1, 0.15) is 5.82 Å². The van der Waals surface area contributed by atoms with Gasteiger partial charge in [-0.2, -0.15) is 13.2 Å². The Balaban J connectivity index is 2.11. The van der Waals surface area contributed by atoms with Crippen LogP contribution in [0.1, 0.15) is 16.8 Å². The predicted molar refractivity (Wildman–Crippen MR) is 105 cm³/mol. The molecule has 0 saturated carbocycles. The molecule has 0 fully saturated rings. The van der Waals surface area contributed by atoms with Gasteiger partial charge >= 0.3 is 6.18 Å². The summed E-state index contributed by atoms with van der Waals surface area (Å²) in [6.07, 6.45) is -4.75. The molecule has 4 aromatic rings. The number of halogens is 4. The molecular weight excluding hydrogens is 378 g/mol. The van der Waals surface area contributed by atoms with Gasteiger partial charge in [-0.05, 0) is 29.8 Å². The van der Waals surface area contributed by atoms with Crippen LogP contribution in [0.5, 0.6) is 0 Å². The van der Waals surface area contributed by atoms with Crippen LogP contribution in [0, 0.1) is 17.7 Å². The second kappa shape index (κ2) is 7.40. The zero-order chi connectivity index (χ0) is 20.4. The Morgan fingerprint density at radius 2 is 1.41 bits per heavy atom. The summed E-state index contributed by atoms with van der Waals surface area (Å²) in [6.45, 7) is 0. The molecular formula is C24H13F4N. The Hall–Kier alpha value is -3.65. The molecule has 4 rings (SSSR count). The van der Waals surface area contributed by atoms with Crippen molar-refractivity contribution >= 4 is 10.9 Å². The van der Waals surface area contributed by atoms with Gasteiger partial charge in [-0.3, -0.25) is 0 Å². The van der Waals surface area contributed by atoms with E-state index in [4.69, 9.17) is 0 Å². The molecule has 1 aromatic heterocycles. The van der Waals surface area contributed by atoms with Crippen molar-refractivity contribution in [2.75, 3.05) is 0 Å². The highest BCUT2D eigenvalue weighted by atomic mass is 19.4. The van der Waals surface area contributed by atoms with E-state index in [-0.39, 0.29) is 16.6 Å². The Bertz CT molecular complexity index is 1230. The fourth-order valence-electron chi connectivity index (χ4n) is 3.13. The van der Waals surface area contributed by atoms with Gasteiger partial charge in [0, 0.05) is 22.6 Å². The van der Waals surface area contributed by atoms with E-state index >= 15 is 0 Å². The molecule has 29 heavy (non-hydrogen) atoms. The van der Waals surface area contributed by atoms with Crippen molar-refractivity contribution in [3.8, 4) is 23.0 Å². The van der Waals surface area contributed by atoms with Crippen LogP contribution in [0.3, 0.4) is 0 Å². The quantitative estimate of drug-likeness (QED) is 0.268. The zero-order valence-corrected chi connectivity index (χ0v) is 15.0. The van der Waals surface area contributed by atoms with Gasteiger partial charge in [0.05, 0.1) is 11.1 Å². The number of aromatic nitrogens is 1. The summed E-state index contributed by atoms with van der Waals surface area (Å²) in [5.74, 6) is 4.83. The third kappa shape index (κ3) is 3.83. The summed E-state index contributed by atoms with van der Waals surface area (Å²) >= 11 is 0. The van der Waals surface area contributed by atoms with Crippen molar-refractivity contribution in [2.24, 2.45) is 0 Å². The number of fused-ring (bicyclic) bond motifs is 1. The molecule has 1 heterocycles. The number of rotatable bonds is 1. The van der Waals surface area contributed by atoms with Crippen LogP contribution >= 0.6 is 0 Å². The van der Waals surface area contributed by atoms with E-state index in [0.717, 1.165) is 6.07 Å². The maximum atomic E-state index is 13.9. The summed E-state index contributed by atoms with van der Waals surface area (Å²) in [6, 6.07) is 21.0. The zero-order valence-electron chi connectivity index (χ0n) is 15.0. The van der Waals surface area contributed by atoms with Crippen LogP contribution in [-0.2, 0) is 6.18 Å². The maximum absolute atomic E-state index is 13.9. The highest BCUT2D eigenvalue weighted by Gasteiger charge is 2.37. The van der Waals surface area contributed by atoms with Crippen LogP contribution < -0.4 is 0 Å². The molecule has 0 bridgehead atoms. The minimum absolute atomic E-state index is 0.0681. The van der Waals surface area contributed by atoms with Gasteiger partial charge in [0.2, 0.25) is 0 Å². The van der Waals surface area contributed by atoms with Crippen LogP contribution in [0.15, 0.2) is 78.9 Å². The molecule has 0 aliphatic heterocycles. The van der Waals surface area contributed by atoms with Gasteiger partial charge in [-0.25, -0.2) is 9.37 Å². The summed E-state index contributed by atoms with van der Waals surface area (Å²) < 4.78 is 55.3. The summed E-state index contributed by atoms with van der Waals surface area (Å²) in [4.78, 5) is 3.74. The van der Waals surface area contributed by atoms with Crippen molar-refractivity contribution in [3.05, 3.63) is 102 Å².